The van der Waals surface area contributed by atoms with Gasteiger partial charge in [-0.2, -0.15) is 4.98 Å². The van der Waals surface area contributed by atoms with Crippen LogP contribution in [0.1, 0.15) is 0 Å². The largest absolute Gasteiger partial charge is 0.380 e. The number of H-pyrrole nitrogens is 1. The van der Waals surface area contributed by atoms with Crippen LogP contribution >= 0.6 is 15.2 Å². The van der Waals surface area contributed by atoms with Crippen LogP contribution in [-0.4, -0.2) is 72.9 Å². The molecule has 0 spiro atoms. The molecule has 0 unspecified atom stereocenters. The highest BCUT2D eigenvalue weighted by molar-refractivity contribution is 7.52. The molecular formula is C14H24N4O9P2. The summed E-state index contributed by atoms with van der Waals surface area (Å²) in [5.74, 6) is -0.392. The summed E-state index contributed by atoms with van der Waals surface area (Å²) in [6.45, 7) is 0.0643. The number of nitrogens with two attached hydrogens (primary N) is 1. The SMILES string of the molecule is Nc1nc2c(ccn2CC(COCCP(=O)(O)O)COCCP(=O)(O)O)c(=O)[nH]1. The molecule has 2 aromatic rings. The molecular weight excluding hydrogens is 430 g/mol. The lowest BCUT2D eigenvalue weighted by Gasteiger charge is -2.19. The summed E-state index contributed by atoms with van der Waals surface area (Å²) in [6.07, 6.45) is 0.766. The predicted molar refractivity (Wildman–Crippen MR) is 104 cm³/mol. The fourth-order valence-electron chi connectivity index (χ4n) is 2.54. The molecule has 2 aromatic heterocycles. The molecule has 0 bridgehead atoms. The smallest absolute Gasteiger partial charge is 0.327 e. The maximum Gasteiger partial charge on any atom is 0.327 e. The quantitative estimate of drug-likeness (QED) is 0.175. The summed E-state index contributed by atoms with van der Waals surface area (Å²) >= 11 is 0. The van der Waals surface area contributed by atoms with Crippen molar-refractivity contribution in [2.75, 3.05) is 44.5 Å². The lowest BCUT2D eigenvalue weighted by Crippen LogP contribution is -2.24. The Labute approximate surface area is 165 Å². The molecule has 15 heteroatoms. The van der Waals surface area contributed by atoms with Crippen LogP contribution in [0, 0.1) is 5.92 Å². The second kappa shape index (κ2) is 9.96. The van der Waals surface area contributed by atoms with Gasteiger partial charge in [0.1, 0.15) is 5.65 Å². The Morgan fingerprint density at radius 1 is 1.10 bits per heavy atom. The summed E-state index contributed by atoms with van der Waals surface area (Å²) in [7, 11) is -8.36. The minimum absolute atomic E-state index is 0.0465. The number of hydrogen-bond donors (Lipinski definition) is 6. The third-order valence-corrected chi connectivity index (χ3v) is 5.39. The predicted octanol–water partition coefficient (Wildman–Crippen LogP) is -0.688. The van der Waals surface area contributed by atoms with Gasteiger partial charge in [-0.1, -0.05) is 0 Å². The molecule has 164 valence electrons. The van der Waals surface area contributed by atoms with Gasteiger partial charge >= 0.3 is 15.2 Å². The van der Waals surface area contributed by atoms with Gasteiger partial charge in [0.25, 0.3) is 5.56 Å². The summed E-state index contributed by atoms with van der Waals surface area (Å²) in [5, 5.41) is 0.336. The zero-order chi connectivity index (χ0) is 21.7. The normalized spacial score (nSPS) is 12.9. The first-order valence-corrected chi connectivity index (χ1v) is 12.1. The molecule has 0 aliphatic heterocycles. The van der Waals surface area contributed by atoms with Crippen LogP contribution in [0.15, 0.2) is 17.1 Å². The maximum atomic E-state index is 11.9. The van der Waals surface area contributed by atoms with Crippen molar-refractivity contribution in [2.24, 2.45) is 5.92 Å². The van der Waals surface area contributed by atoms with Crippen LogP contribution in [0.2, 0.25) is 0 Å². The molecule has 2 rings (SSSR count). The molecule has 29 heavy (non-hydrogen) atoms. The average molecular weight is 454 g/mol. The summed E-state index contributed by atoms with van der Waals surface area (Å²) in [5.41, 5.74) is 5.54. The molecule has 0 radical (unpaired) electrons. The number of ether oxygens (including phenoxy) is 2. The van der Waals surface area contributed by atoms with E-state index in [2.05, 4.69) is 9.97 Å². The van der Waals surface area contributed by atoms with Crippen molar-refractivity contribution in [1.29, 1.82) is 0 Å². The first-order valence-electron chi connectivity index (χ1n) is 8.54. The fourth-order valence-corrected chi connectivity index (χ4v) is 3.27. The van der Waals surface area contributed by atoms with Crippen LogP contribution in [0.25, 0.3) is 11.0 Å². The second-order valence-corrected chi connectivity index (χ2v) is 10.0. The van der Waals surface area contributed by atoms with Gasteiger partial charge in [0.2, 0.25) is 5.95 Å². The number of nitrogens with zero attached hydrogens (tertiary/aromatic N) is 2. The number of rotatable bonds is 12. The van der Waals surface area contributed by atoms with Crippen molar-refractivity contribution < 1.29 is 38.2 Å². The van der Waals surface area contributed by atoms with Crippen molar-refractivity contribution in [3.8, 4) is 0 Å². The third-order valence-electron chi connectivity index (χ3n) is 3.86. The Kier molecular flexibility index (Phi) is 8.15. The number of fused-ring (bicyclic) bond motifs is 1. The van der Waals surface area contributed by atoms with E-state index in [1.165, 1.54) is 0 Å². The van der Waals surface area contributed by atoms with E-state index in [0.717, 1.165) is 0 Å². The third kappa shape index (κ3) is 8.37. The Hall–Kier alpha value is -1.56. The van der Waals surface area contributed by atoms with Crippen molar-refractivity contribution in [2.45, 2.75) is 6.54 Å². The van der Waals surface area contributed by atoms with Gasteiger partial charge in [-0.15, -0.1) is 0 Å². The number of nitrogen functional groups attached to an aromatic ring is 1. The lowest BCUT2D eigenvalue weighted by atomic mass is 10.2. The van der Waals surface area contributed by atoms with E-state index in [-0.39, 0.29) is 44.8 Å². The van der Waals surface area contributed by atoms with E-state index < -0.39 is 33.1 Å². The monoisotopic (exact) mass is 454 g/mol. The van der Waals surface area contributed by atoms with Crippen molar-refractivity contribution in [1.82, 2.24) is 14.5 Å². The molecule has 0 atom stereocenters. The number of aromatic nitrogens is 3. The number of nitrogens with one attached hydrogen (secondary N) is 1. The van der Waals surface area contributed by atoms with E-state index in [0.29, 0.717) is 11.0 Å². The highest BCUT2D eigenvalue weighted by Crippen LogP contribution is 2.34. The zero-order valence-electron chi connectivity index (χ0n) is 15.4. The number of anilines is 1. The number of aromatic amines is 1. The van der Waals surface area contributed by atoms with Crippen molar-refractivity contribution in [3.05, 3.63) is 22.6 Å². The summed E-state index contributed by atoms with van der Waals surface area (Å²) in [6, 6.07) is 1.57. The fraction of sp³-hybridized carbons (Fsp3) is 0.571. The molecule has 2 heterocycles. The molecule has 0 fully saturated rings. The van der Waals surface area contributed by atoms with E-state index in [4.69, 9.17) is 34.8 Å². The Balaban J connectivity index is 2.04. The molecule has 0 saturated carbocycles. The highest BCUT2D eigenvalue weighted by atomic mass is 31.2. The molecule has 7 N–H and O–H groups in total. The van der Waals surface area contributed by atoms with Crippen LogP contribution in [0.4, 0.5) is 5.95 Å². The molecule has 0 amide bonds. The van der Waals surface area contributed by atoms with E-state index >= 15 is 0 Å². The first-order chi connectivity index (χ1) is 13.4. The van der Waals surface area contributed by atoms with Crippen LogP contribution in [-0.2, 0) is 25.1 Å². The van der Waals surface area contributed by atoms with Crippen molar-refractivity contribution >= 4 is 32.2 Å². The standard InChI is InChI=1S/C14H24N4O9P2/c15-14-16-12-11(13(19)17-14)1-2-18(12)7-10(8-26-3-5-28(20,21)22)9-27-4-6-29(23,24)25/h1-2,10H,3-9H2,(H2,20,21,22)(H2,23,24,25)(H3,15,16,17,19). The number of hydrogen-bond acceptors (Lipinski definition) is 7. The summed E-state index contributed by atoms with van der Waals surface area (Å²) < 4.78 is 34.1. The molecule has 0 saturated heterocycles. The second-order valence-electron chi connectivity index (χ2n) is 6.45. The topological polar surface area (TPSA) is 210 Å². The van der Waals surface area contributed by atoms with Crippen molar-refractivity contribution in [3.63, 3.8) is 0 Å². The Morgan fingerprint density at radius 2 is 1.66 bits per heavy atom. The average Bonchev–Trinajstić information content (AvgIpc) is 2.96. The van der Waals surface area contributed by atoms with E-state index in [9.17, 15) is 13.9 Å². The minimum atomic E-state index is -4.18. The first kappa shape index (κ1) is 23.7. The van der Waals surface area contributed by atoms with Gasteiger partial charge in [-0.25, -0.2) is 0 Å². The van der Waals surface area contributed by atoms with Gasteiger partial charge in [0.15, 0.2) is 0 Å². The Morgan fingerprint density at radius 3 is 2.17 bits per heavy atom. The van der Waals surface area contributed by atoms with Crippen LogP contribution in [0.3, 0.4) is 0 Å². The van der Waals surface area contributed by atoms with Gasteiger partial charge < -0.3 is 39.3 Å². The highest BCUT2D eigenvalue weighted by Gasteiger charge is 2.18. The van der Waals surface area contributed by atoms with Crippen LogP contribution in [0.5, 0.6) is 0 Å². The van der Waals surface area contributed by atoms with Gasteiger partial charge in [-0.05, 0) is 6.07 Å². The van der Waals surface area contributed by atoms with Gasteiger partial charge in [0, 0.05) is 18.7 Å². The molecule has 0 aliphatic carbocycles. The van der Waals surface area contributed by atoms with E-state index in [1.54, 1.807) is 16.8 Å². The zero-order valence-corrected chi connectivity index (χ0v) is 17.2. The molecule has 0 aliphatic rings. The van der Waals surface area contributed by atoms with Gasteiger partial charge in [0.05, 0.1) is 44.1 Å². The molecule has 13 nitrogen and oxygen atoms in total. The Bertz CT molecular complexity index is 934. The molecule has 0 aromatic carbocycles. The summed E-state index contributed by atoms with van der Waals surface area (Å²) in [4.78, 5) is 54.0. The van der Waals surface area contributed by atoms with E-state index in [1.807, 2.05) is 0 Å². The van der Waals surface area contributed by atoms with Gasteiger partial charge in [-0.3, -0.25) is 18.9 Å². The lowest BCUT2D eigenvalue weighted by molar-refractivity contribution is 0.0413. The minimum Gasteiger partial charge on any atom is -0.380 e. The van der Waals surface area contributed by atoms with Crippen LogP contribution < -0.4 is 11.3 Å². The maximum absolute atomic E-state index is 11.9.